The van der Waals surface area contributed by atoms with Crippen molar-refractivity contribution in [3.8, 4) is 11.5 Å². The van der Waals surface area contributed by atoms with E-state index in [-0.39, 0.29) is 11.8 Å². The van der Waals surface area contributed by atoms with E-state index >= 15 is 0 Å². The Morgan fingerprint density at radius 3 is 2.67 bits per heavy atom. The lowest BCUT2D eigenvalue weighted by Crippen LogP contribution is -2.38. The van der Waals surface area contributed by atoms with Crippen LogP contribution < -0.4 is 14.8 Å². The Bertz CT molecular complexity index is 1160. The average molecular weight is 465 g/mol. The SMILES string of the molecule is CCC1Oc2ccc(NC(=O)c3ccc(Cl)cc3)cc2CN(Cc2cccc(OC)c2)C1=O. The molecular weight excluding hydrogens is 440 g/mol. The second-order valence-electron chi connectivity index (χ2n) is 7.84. The molecule has 0 spiro atoms. The fraction of sp³-hybridized carbons (Fsp3) is 0.231. The second-order valence-corrected chi connectivity index (χ2v) is 8.28. The fourth-order valence-electron chi connectivity index (χ4n) is 3.77. The zero-order valence-corrected chi connectivity index (χ0v) is 19.3. The molecule has 3 aromatic rings. The first kappa shape index (κ1) is 22.7. The van der Waals surface area contributed by atoms with E-state index < -0.39 is 6.10 Å². The number of ether oxygens (including phenoxy) is 2. The molecule has 6 nitrogen and oxygen atoms in total. The number of anilines is 1. The molecule has 2 amide bonds. The van der Waals surface area contributed by atoms with Gasteiger partial charge in [0.15, 0.2) is 6.10 Å². The summed E-state index contributed by atoms with van der Waals surface area (Å²) in [5, 5.41) is 3.48. The van der Waals surface area contributed by atoms with Gasteiger partial charge in [-0.25, -0.2) is 0 Å². The monoisotopic (exact) mass is 464 g/mol. The Morgan fingerprint density at radius 1 is 1.15 bits per heavy atom. The molecule has 4 rings (SSSR count). The minimum absolute atomic E-state index is 0.0664. The van der Waals surface area contributed by atoms with E-state index in [4.69, 9.17) is 21.1 Å². The summed E-state index contributed by atoms with van der Waals surface area (Å²) >= 11 is 5.91. The number of fused-ring (bicyclic) bond motifs is 1. The molecule has 1 N–H and O–H groups in total. The Kier molecular flexibility index (Phi) is 6.84. The smallest absolute Gasteiger partial charge is 0.264 e. The molecule has 1 atom stereocenters. The van der Waals surface area contributed by atoms with Gasteiger partial charge in [0.1, 0.15) is 11.5 Å². The highest BCUT2D eigenvalue weighted by molar-refractivity contribution is 6.30. The molecule has 0 saturated carbocycles. The van der Waals surface area contributed by atoms with E-state index in [1.165, 1.54) is 0 Å². The van der Waals surface area contributed by atoms with Gasteiger partial charge in [0, 0.05) is 34.9 Å². The Balaban J connectivity index is 1.58. The summed E-state index contributed by atoms with van der Waals surface area (Å²) < 4.78 is 11.4. The first-order chi connectivity index (χ1) is 16.0. The van der Waals surface area contributed by atoms with Gasteiger partial charge in [-0.05, 0) is 66.6 Å². The number of hydrogen-bond donors (Lipinski definition) is 1. The lowest BCUT2D eigenvalue weighted by atomic mass is 10.1. The van der Waals surface area contributed by atoms with Gasteiger partial charge in [-0.1, -0.05) is 30.7 Å². The molecule has 0 aromatic heterocycles. The zero-order valence-electron chi connectivity index (χ0n) is 18.5. The Labute approximate surface area is 198 Å². The molecule has 0 aliphatic carbocycles. The van der Waals surface area contributed by atoms with Crippen LogP contribution in [0.3, 0.4) is 0 Å². The molecule has 170 valence electrons. The molecule has 0 saturated heterocycles. The molecule has 1 heterocycles. The number of hydrogen-bond acceptors (Lipinski definition) is 4. The lowest BCUT2D eigenvalue weighted by Gasteiger charge is -2.23. The van der Waals surface area contributed by atoms with Crippen molar-refractivity contribution in [2.24, 2.45) is 0 Å². The molecule has 0 bridgehead atoms. The van der Waals surface area contributed by atoms with E-state index in [1.807, 2.05) is 37.3 Å². The third-order valence-corrected chi connectivity index (χ3v) is 5.77. The highest BCUT2D eigenvalue weighted by Gasteiger charge is 2.30. The quantitative estimate of drug-likeness (QED) is 0.537. The van der Waals surface area contributed by atoms with E-state index in [0.29, 0.717) is 41.5 Å². The molecule has 1 aliphatic rings. The Morgan fingerprint density at radius 2 is 1.94 bits per heavy atom. The van der Waals surface area contributed by atoms with E-state index in [9.17, 15) is 9.59 Å². The number of benzene rings is 3. The summed E-state index contributed by atoms with van der Waals surface area (Å²) in [6.45, 7) is 2.72. The van der Waals surface area contributed by atoms with Crippen LogP contribution >= 0.6 is 11.6 Å². The van der Waals surface area contributed by atoms with Crippen molar-refractivity contribution in [3.63, 3.8) is 0 Å². The molecule has 1 aliphatic heterocycles. The average Bonchev–Trinajstić information content (AvgIpc) is 2.95. The van der Waals surface area contributed by atoms with Gasteiger partial charge in [-0.3, -0.25) is 9.59 Å². The molecular formula is C26H25ClN2O4. The van der Waals surface area contributed by atoms with E-state index in [0.717, 1.165) is 16.9 Å². The minimum Gasteiger partial charge on any atom is -0.497 e. The van der Waals surface area contributed by atoms with Crippen LogP contribution in [-0.4, -0.2) is 29.9 Å². The van der Waals surface area contributed by atoms with Gasteiger partial charge in [-0.15, -0.1) is 0 Å². The van der Waals surface area contributed by atoms with Crippen molar-refractivity contribution in [1.82, 2.24) is 4.90 Å². The maximum atomic E-state index is 13.2. The number of rotatable bonds is 6. The molecule has 0 fully saturated rings. The standard InChI is InChI=1S/C26H25ClN2O4/c1-3-23-26(31)29(15-17-5-4-6-22(13-17)32-2)16-19-14-21(11-12-24(19)33-23)28-25(30)18-7-9-20(27)10-8-18/h4-14,23H,3,15-16H2,1-2H3,(H,28,30). The van der Waals surface area contributed by atoms with Gasteiger partial charge >= 0.3 is 0 Å². The summed E-state index contributed by atoms with van der Waals surface area (Å²) in [6, 6.07) is 19.8. The third-order valence-electron chi connectivity index (χ3n) is 5.52. The highest BCUT2D eigenvalue weighted by atomic mass is 35.5. The summed E-state index contributed by atoms with van der Waals surface area (Å²) in [5.74, 6) is 1.08. The van der Waals surface area contributed by atoms with Gasteiger partial charge in [0.05, 0.1) is 7.11 Å². The van der Waals surface area contributed by atoms with Gasteiger partial charge in [-0.2, -0.15) is 0 Å². The summed E-state index contributed by atoms with van der Waals surface area (Å²) in [4.78, 5) is 27.6. The number of methoxy groups -OCH3 is 1. The molecule has 7 heteroatoms. The number of amides is 2. The van der Waals surface area contributed by atoms with Crippen LogP contribution in [-0.2, 0) is 17.9 Å². The lowest BCUT2D eigenvalue weighted by molar-refractivity contribution is -0.139. The molecule has 33 heavy (non-hydrogen) atoms. The first-order valence-corrected chi connectivity index (χ1v) is 11.1. The fourth-order valence-corrected chi connectivity index (χ4v) is 3.90. The summed E-state index contributed by atoms with van der Waals surface area (Å²) in [5.41, 5.74) is 2.93. The van der Waals surface area contributed by atoms with Gasteiger partial charge in [0.2, 0.25) is 0 Å². The van der Waals surface area contributed by atoms with Crippen molar-refractivity contribution in [3.05, 3.63) is 88.4 Å². The maximum Gasteiger partial charge on any atom is 0.264 e. The Hall–Kier alpha value is -3.51. The largest absolute Gasteiger partial charge is 0.497 e. The van der Waals surface area contributed by atoms with E-state index in [1.54, 1.807) is 48.4 Å². The minimum atomic E-state index is -0.564. The van der Waals surface area contributed by atoms with Gasteiger partial charge in [0.25, 0.3) is 11.8 Å². The molecule has 3 aromatic carbocycles. The van der Waals surface area contributed by atoms with Crippen molar-refractivity contribution in [1.29, 1.82) is 0 Å². The van der Waals surface area contributed by atoms with Crippen molar-refractivity contribution < 1.29 is 19.1 Å². The van der Waals surface area contributed by atoms with Crippen LogP contribution in [0.15, 0.2) is 66.7 Å². The highest BCUT2D eigenvalue weighted by Crippen LogP contribution is 2.30. The van der Waals surface area contributed by atoms with Crippen LogP contribution in [0, 0.1) is 0 Å². The van der Waals surface area contributed by atoms with Crippen LogP contribution in [0.1, 0.15) is 34.8 Å². The predicted octanol–water partition coefficient (Wildman–Crippen LogP) is 5.30. The van der Waals surface area contributed by atoms with Crippen LogP contribution in [0.5, 0.6) is 11.5 Å². The number of carbonyl (C=O) groups is 2. The second kappa shape index (κ2) is 9.96. The summed E-state index contributed by atoms with van der Waals surface area (Å²) in [7, 11) is 1.62. The zero-order chi connectivity index (χ0) is 23.4. The van der Waals surface area contributed by atoms with Crippen LogP contribution in [0.25, 0.3) is 0 Å². The number of nitrogens with one attached hydrogen (secondary N) is 1. The molecule has 0 radical (unpaired) electrons. The first-order valence-electron chi connectivity index (χ1n) is 10.7. The van der Waals surface area contributed by atoms with Crippen LogP contribution in [0.2, 0.25) is 5.02 Å². The van der Waals surface area contributed by atoms with E-state index in [2.05, 4.69) is 5.32 Å². The topological polar surface area (TPSA) is 67.9 Å². The molecule has 1 unspecified atom stereocenters. The third kappa shape index (κ3) is 5.29. The van der Waals surface area contributed by atoms with Crippen molar-refractivity contribution in [2.75, 3.05) is 12.4 Å². The maximum absolute atomic E-state index is 13.2. The normalized spacial score (nSPS) is 15.3. The van der Waals surface area contributed by atoms with Gasteiger partial charge < -0.3 is 19.7 Å². The number of nitrogens with zero attached hydrogens (tertiary/aromatic N) is 1. The van der Waals surface area contributed by atoms with Crippen molar-refractivity contribution >= 4 is 29.1 Å². The number of carbonyl (C=O) groups excluding carboxylic acids is 2. The number of halogens is 1. The predicted molar refractivity (Wildman–Crippen MR) is 128 cm³/mol. The van der Waals surface area contributed by atoms with Crippen molar-refractivity contribution in [2.45, 2.75) is 32.5 Å². The summed E-state index contributed by atoms with van der Waals surface area (Å²) in [6.07, 6.45) is -0.00607. The van der Waals surface area contributed by atoms with Crippen LogP contribution in [0.4, 0.5) is 5.69 Å².